The van der Waals surface area contributed by atoms with Crippen molar-refractivity contribution in [1.82, 2.24) is 14.9 Å². The Labute approximate surface area is 145 Å². The second-order valence-corrected chi connectivity index (χ2v) is 6.69. The molecule has 0 saturated carbocycles. The maximum atomic E-state index is 12.1. The summed E-state index contributed by atoms with van der Waals surface area (Å²) in [5.41, 5.74) is 4.40. The number of hydrogen-bond acceptors (Lipinski definition) is 5. The zero-order valence-electron chi connectivity index (χ0n) is 13.8. The zero-order chi connectivity index (χ0) is 16.8. The second kappa shape index (κ2) is 5.63. The molecule has 2 aliphatic rings. The van der Waals surface area contributed by atoms with Crippen molar-refractivity contribution in [2.24, 2.45) is 0 Å². The van der Waals surface area contributed by atoms with E-state index in [0.717, 1.165) is 54.2 Å². The van der Waals surface area contributed by atoms with Crippen LogP contribution in [0.3, 0.4) is 0 Å². The van der Waals surface area contributed by atoms with Gasteiger partial charge in [0.2, 0.25) is 0 Å². The van der Waals surface area contributed by atoms with Crippen LogP contribution in [0.15, 0.2) is 42.5 Å². The smallest absolute Gasteiger partial charge is 0.182 e. The monoisotopic (exact) mass is 330 g/mol. The molecule has 0 fully saturated rings. The standard InChI is InChI=1S/C20H18N4O/c25-17-10-21-20-19-15(17)6-3-7-16(19)22-18(23-20)12-24-9-8-13-4-1-2-5-14(13)11-24/h1-7H,8-12H2,(H,21,22,23). The summed E-state index contributed by atoms with van der Waals surface area (Å²) in [6.45, 7) is 2.97. The minimum atomic E-state index is 0.0992. The van der Waals surface area contributed by atoms with Crippen molar-refractivity contribution in [1.29, 1.82) is 0 Å². The van der Waals surface area contributed by atoms with Gasteiger partial charge in [-0.2, -0.15) is 0 Å². The van der Waals surface area contributed by atoms with E-state index in [4.69, 9.17) is 9.97 Å². The lowest BCUT2D eigenvalue weighted by Gasteiger charge is -2.28. The summed E-state index contributed by atoms with van der Waals surface area (Å²) in [6, 6.07) is 14.3. The van der Waals surface area contributed by atoms with Crippen molar-refractivity contribution in [2.75, 3.05) is 18.4 Å². The molecule has 0 radical (unpaired) electrons. The van der Waals surface area contributed by atoms with E-state index in [9.17, 15) is 4.79 Å². The number of nitrogens with zero attached hydrogens (tertiary/aromatic N) is 3. The van der Waals surface area contributed by atoms with E-state index in [1.807, 2.05) is 18.2 Å². The summed E-state index contributed by atoms with van der Waals surface area (Å²) in [7, 11) is 0. The van der Waals surface area contributed by atoms with Crippen molar-refractivity contribution >= 4 is 22.5 Å². The highest BCUT2D eigenvalue weighted by Crippen LogP contribution is 2.28. The Morgan fingerprint density at radius 1 is 1.04 bits per heavy atom. The Morgan fingerprint density at radius 2 is 1.92 bits per heavy atom. The van der Waals surface area contributed by atoms with E-state index in [0.29, 0.717) is 6.54 Å². The molecule has 5 rings (SSSR count). The van der Waals surface area contributed by atoms with Crippen LogP contribution in [0, 0.1) is 0 Å². The molecule has 2 aromatic carbocycles. The molecule has 2 aliphatic heterocycles. The van der Waals surface area contributed by atoms with Crippen LogP contribution in [-0.4, -0.2) is 33.7 Å². The van der Waals surface area contributed by atoms with Gasteiger partial charge < -0.3 is 5.32 Å². The van der Waals surface area contributed by atoms with Crippen molar-refractivity contribution in [3.05, 3.63) is 65.0 Å². The quantitative estimate of drug-likeness (QED) is 0.783. The van der Waals surface area contributed by atoms with E-state index in [1.165, 1.54) is 11.1 Å². The third-order valence-electron chi connectivity index (χ3n) is 5.06. The molecule has 0 spiro atoms. The summed E-state index contributed by atoms with van der Waals surface area (Å²) in [5, 5.41) is 4.00. The van der Waals surface area contributed by atoms with E-state index in [-0.39, 0.29) is 5.78 Å². The molecule has 1 aromatic heterocycles. The van der Waals surface area contributed by atoms with Crippen LogP contribution in [0.5, 0.6) is 0 Å². The first-order chi connectivity index (χ1) is 12.3. The highest BCUT2D eigenvalue weighted by atomic mass is 16.1. The number of nitrogens with one attached hydrogen (secondary N) is 1. The van der Waals surface area contributed by atoms with Gasteiger partial charge in [-0.05, 0) is 23.6 Å². The third kappa shape index (κ3) is 2.48. The van der Waals surface area contributed by atoms with Crippen molar-refractivity contribution in [3.8, 4) is 0 Å². The summed E-state index contributed by atoms with van der Waals surface area (Å²) >= 11 is 0. The average Bonchev–Trinajstić information content (AvgIpc) is 2.64. The fourth-order valence-electron chi connectivity index (χ4n) is 3.81. The first-order valence-corrected chi connectivity index (χ1v) is 8.64. The van der Waals surface area contributed by atoms with E-state index in [1.54, 1.807) is 0 Å². The van der Waals surface area contributed by atoms with Gasteiger partial charge in [-0.3, -0.25) is 9.69 Å². The lowest BCUT2D eigenvalue weighted by molar-refractivity contribution is 0.101. The highest BCUT2D eigenvalue weighted by molar-refractivity contribution is 6.15. The number of ketones is 1. The molecule has 0 atom stereocenters. The molecule has 25 heavy (non-hydrogen) atoms. The van der Waals surface area contributed by atoms with E-state index < -0.39 is 0 Å². The van der Waals surface area contributed by atoms with Crippen LogP contribution < -0.4 is 5.32 Å². The van der Waals surface area contributed by atoms with E-state index in [2.05, 4.69) is 34.5 Å². The summed E-state index contributed by atoms with van der Waals surface area (Å²) < 4.78 is 0. The van der Waals surface area contributed by atoms with Crippen molar-refractivity contribution in [2.45, 2.75) is 19.5 Å². The van der Waals surface area contributed by atoms with Gasteiger partial charge in [0.15, 0.2) is 5.78 Å². The van der Waals surface area contributed by atoms with Crippen LogP contribution >= 0.6 is 0 Å². The maximum absolute atomic E-state index is 12.1. The fraction of sp³-hybridized carbons (Fsp3) is 0.250. The van der Waals surface area contributed by atoms with Crippen LogP contribution in [-0.2, 0) is 19.5 Å². The molecule has 3 heterocycles. The molecule has 0 aliphatic carbocycles. The average molecular weight is 330 g/mol. The van der Waals surface area contributed by atoms with Gasteiger partial charge in [-0.1, -0.05) is 36.4 Å². The van der Waals surface area contributed by atoms with Gasteiger partial charge in [0, 0.05) is 18.7 Å². The van der Waals surface area contributed by atoms with Crippen LogP contribution in [0.4, 0.5) is 5.82 Å². The molecular weight excluding hydrogens is 312 g/mol. The second-order valence-electron chi connectivity index (χ2n) is 6.69. The van der Waals surface area contributed by atoms with Crippen LogP contribution in [0.25, 0.3) is 10.9 Å². The predicted octanol–water partition coefficient (Wildman–Crippen LogP) is 2.80. The topological polar surface area (TPSA) is 58.1 Å². The number of benzene rings is 2. The van der Waals surface area contributed by atoms with Gasteiger partial charge in [-0.25, -0.2) is 9.97 Å². The van der Waals surface area contributed by atoms with Gasteiger partial charge in [-0.15, -0.1) is 0 Å². The molecule has 0 saturated heterocycles. The summed E-state index contributed by atoms with van der Waals surface area (Å²) in [6.07, 6.45) is 1.06. The molecule has 5 heteroatoms. The van der Waals surface area contributed by atoms with Crippen molar-refractivity contribution < 1.29 is 4.79 Å². The SMILES string of the molecule is O=C1CNc2nc(CN3CCc4ccccc4C3)nc3cccc1c23. The Balaban J connectivity index is 1.48. The predicted molar refractivity (Wildman–Crippen MR) is 96.6 cm³/mol. The van der Waals surface area contributed by atoms with Gasteiger partial charge in [0.05, 0.1) is 24.0 Å². The number of aromatic nitrogens is 2. The molecular formula is C20H18N4O. The summed E-state index contributed by atoms with van der Waals surface area (Å²) in [5.74, 6) is 1.69. The van der Waals surface area contributed by atoms with Gasteiger partial charge in [0.25, 0.3) is 0 Å². The molecule has 3 aromatic rings. The van der Waals surface area contributed by atoms with Gasteiger partial charge in [0.1, 0.15) is 11.6 Å². The maximum Gasteiger partial charge on any atom is 0.182 e. The van der Waals surface area contributed by atoms with Crippen LogP contribution in [0.2, 0.25) is 0 Å². The number of rotatable bonds is 2. The minimum Gasteiger partial charge on any atom is -0.362 e. The highest BCUT2D eigenvalue weighted by Gasteiger charge is 2.22. The normalized spacial score (nSPS) is 16.6. The lowest BCUT2D eigenvalue weighted by Crippen LogP contribution is -2.31. The first kappa shape index (κ1) is 14.5. The molecule has 0 bridgehead atoms. The zero-order valence-corrected chi connectivity index (χ0v) is 13.8. The van der Waals surface area contributed by atoms with Gasteiger partial charge >= 0.3 is 0 Å². The summed E-state index contributed by atoms with van der Waals surface area (Å²) in [4.78, 5) is 23.9. The number of hydrogen-bond donors (Lipinski definition) is 1. The molecule has 5 nitrogen and oxygen atoms in total. The Hall–Kier alpha value is -2.79. The Bertz CT molecular complexity index is 998. The number of anilines is 1. The third-order valence-corrected chi connectivity index (χ3v) is 5.06. The Kier molecular flexibility index (Phi) is 3.28. The number of carbonyl (C=O) groups excluding carboxylic acids is 1. The number of Topliss-reactive ketones (excluding diaryl/α,β-unsaturated/α-hetero) is 1. The first-order valence-electron chi connectivity index (χ1n) is 8.64. The number of fused-ring (bicyclic) bond motifs is 1. The lowest BCUT2D eigenvalue weighted by atomic mass is 10.00. The molecule has 0 unspecified atom stereocenters. The molecule has 0 amide bonds. The Morgan fingerprint density at radius 3 is 2.84 bits per heavy atom. The molecule has 124 valence electrons. The van der Waals surface area contributed by atoms with Crippen molar-refractivity contribution in [3.63, 3.8) is 0 Å². The fourth-order valence-corrected chi connectivity index (χ4v) is 3.81. The molecule has 1 N–H and O–H groups in total. The van der Waals surface area contributed by atoms with E-state index >= 15 is 0 Å². The minimum absolute atomic E-state index is 0.0992. The number of carbonyl (C=O) groups is 1. The van der Waals surface area contributed by atoms with Crippen LogP contribution in [0.1, 0.15) is 27.3 Å². The largest absolute Gasteiger partial charge is 0.362 e.